The number of rotatable bonds is 4. The van der Waals surface area contributed by atoms with Gasteiger partial charge < -0.3 is 10.7 Å². The lowest BCUT2D eigenvalue weighted by Crippen LogP contribution is -2.43. The highest BCUT2D eigenvalue weighted by Crippen LogP contribution is 2.27. The lowest BCUT2D eigenvalue weighted by Gasteiger charge is -2.31. The number of hydrazine groups is 1. The number of nitrogen functional groups attached to an aromatic ring is 1. The van der Waals surface area contributed by atoms with Crippen LogP contribution < -0.4 is 16.6 Å². The Morgan fingerprint density at radius 3 is 3.00 bits per heavy atom. The molecular formula is C13H20N4OS. The molecule has 1 amide bonds. The molecule has 2 atom stereocenters. The fraction of sp³-hybridized carbons (Fsp3) is 0.538. The van der Waals surface area contributed by atoms with Crippen molar-refractivity contribution in [2.24, 2.45) is 5.84 Å². The van der Waals surface area contributed by atoms with Gasteiger partial charge in [-0.1, -0.05) is 12.8 Å². The molecule has 0 spiro atoms. The summed E-state index contributed by atoms with van der Waals surface area (Å²) in [5, 5.41) is 3.62. The summed E-state index contributed by atoms with van der Waals surface area (Å²) in [5.74, 6) is 5.31. The summed E-state index contributed by atoms with van der Waals surface area (Å²) in [7, 11) is 0. The van der Waals surface area contributed by atoms with E-state index in [9.17, 15) is 4.79 Å². The Balaban J connectivity index is 2.07. The molecule has 1 aliphatic rings. The van der Waals surface area contributed by atoms with Crippen molar-refractivity contribution in [2.75, 3.05) is 11.7 Å². The number of thioether (sulfide) groups is 1. The van der Waals surface area contributed by atoms with Crippen LogP contribution in [0.3, 0.4) is 0 Å². The second-order valence-corrected chi connectivity index (χ2v) is 5.78. The van der Waals surface area contributed by atoms with E-state index in [4.69, 9.17) is 5.84 Å². The fourth-order valence-electron chi connectivity index (χ4n) is 2.49. The van der Waals surface area contributed by atoms with Crippen molar-refractivity contribution >= 4 is 23.4 Å². The van der Waals surface area contributed by atoms with Gasteiger partial charge in [0, 0.05) is 23.7 Å². The Kier molecular flexibility index (Phi) is 5.04. The van der Waals surface area contributed by atoms with Crippen LogP contribution in [0.2, 0.25) is 0 Å². The average Bonchev–Trinajstić information content (AvgIpc) is 2.47. The maximum Gasteiger partial charge on any atom is 0.255 e. The quantitative estimate of drug-likeness (QED) is 0.578. The molecule has 0 bridgehead atoms. The first kappa shape index (κ1) is 14.1. The van der Waals surface area contributed by atoms with Gasteiger partial charge in [-0.25, -0.2) is 0 Å². The van der Waals surface area contributed by atoms with E-state index in [2.05, 4.69) is 22.0 Å². The molecule has 19 heavy (non-hydrogen) atoms. The van der Waals surface area contributed by atoms with E-state index in [0.717, 1.165) is 6.42 Å². The number of carbonyl (C=O) groups is 1. The molecule has 2 rings (SSSR count). The Morgan fingerprint density at radius 1 is 1.47 bits per heavy atom. The summed E-state index contributed by atoms with van der Waals surface area (Å²) in [6.07, 6.45) is 9.90. The maximum absolute atomic E-state index is 12.3. The van der Waals surface area contributed by atoms with E-state index in [1.807, 2.05) is 11.8 Å². The summed E-state index contributed by atoms with van der Waals surface area (Å²) in [5.41, 5.74) is 3.63. The molecule has 104 valence electrons. The smallest absolute Gasteiger partial charge is 0.255 e. The largest absolute Gasteiger partial charge is 0.348 e. The minimum atomic E-state index is -0.105. The molecule has 0 aromatic carbocycles. The van der Waals surface area contributed by atoms with Crippen molar-refractivity contribution in [1.82, 2.24) is 10.3 Å². The highest BCUT2D eigenvalue weighted by Gasteiger charge is 2.26. The number of nitrogens with one attached hydrogen (secondary N) is 2. The number of nitrogens with two attached hydrogens (primary N) is 1. The number of carbonyl (C=O) groups excluding carboxylic acids is 1. The molecule has 1 aromatic rings. The van der Waals surface area contributed by atoms with Crippen LogP contribution in [0.15, 0.2) is 18.5 Å². The third kappa shape index (κ3) is 3.39. The number of anilines is 1. The Morgan fingerprint density at radius 2 is 2.26 bits per heavy atom. The second kappa shape index (κ2) is 6.77. The van der Waals surface area contributed by atoms with Crippen molar-refractivity contribution in [2.45, 2.75) is 37.0 Å². The summed E-state index contributed by atoms with van der Waals surface area (Å²) < 4.78 is 0. The molecule has 0 saturated heterocycles. The number of hydrogen-bond donors (Lipinski definition) is 3. The Bertz CT molecular complexity index is 440. The van der Waals surface area contributed by atoms with E-state index in [1.54, 1.807) is 18.5 Å². The summed E-state index contributed by atoms with van der Waals surface area (Å²) >= 11 is 1.83. The first-order valence-electron chi connectivity index (χ1n) is 6.50. The van der Waals surface area contributed by atoms with E-state index in [1.165, 1.54) is 19.3 Å². The second-order valence-electron chi connectivity index (χ2n) is 4.70. The summed E-state index contributed by atoms with van der Waals surface area (Å²) in [6, 6.07) is 1.93. The minimum Gasteiger partial charge on any atom is -0.348 e. The van der Waals surface area contributed by atoms with Gasteiger partial charge in [0.15, 0.2) is 0 Å². The van der Waals surface area contributed by atoms with Crippen molar-refractivity contribution in [3.05, 3.63) is 24.0 Å². The van der Waals surface area contributed by atoms with E-state index in [-0.39, 0.29) is 11.9 Å². The molecule has 1 heterocycles. The van der Waals surface area contributed by atoms with Crippen LogP contribution in [0.5, 0.6) is 0 Å². The third-order valence-electron chi connectivity index (χ3n) is 3.54. The van der Waals surface area contributed by atoms with Gasteiger partial charge >= 0.3 is 0 Å². The van der Waals surface area contributed by atoms with Gasteiger partial charge in [0.05, 0.1) is 11.3 Å². The van der Waals surface area contributed by atoms with Crippen LogP contribution >= 0.6 is 11.8 Å². The monoisotopic (exact) mass is 280 g/mol. The molecule has 6 heteroatoms. The van der Waals surface area contributed by atoms with Gasteiger partial charge in [-0.3, -0.25) is 15.6 Å². The zero-order valence-electron chi connectivity index (χ0n) is 11.1. The number of pyridine rings is 1. The van der Waals surface area contributed by atoms with Crippen molar-refractivity contribution in [1.29, 1.82) is 0 Å². The molecular weight excluding hydrogens is 260 g/mol. The normalized spacial score (nSPS) is 22.8. The molecule has 1 aliphatic carbocycles. The first-order chi connectivity index (χ1) is 9.26. The van der Waals surface area contributed by atoms with Gasteiger partial charge in [0.1, 0.15) is 0 Å². The molecule has 5 nitrogen and oxygen atoms in total. The third-order valence-corrected chi connectivity index (χ3v) is 4.71. The predicted molar refractivity (Wildman–Crippen MR) is 79.1 cm³/mol. The van der Waals surface area contributed by atoms with Gasteiger partial charge in [-0.2, -0.15) is 11.8 Å². The highest BCUT2D eigenvalue weighted by molar-refractivity contribution is 7.99. The van der Waals surface area contributed by atoms with Crippen LogP contribution in [0, 0.1) is 0 Å². The van der Waals surface area contributed by atoms with Crippen LogP contribution in [0.1, 0.15) is 36.0 Å². The Hall–Kier alpha value is -1.27. The Labute approximate surface area is 117 Å². The summed E-state index contributed by atoms with van der Waals surface area (Å²) in [6.45, 7) is 0. The van der Waals surface area contributed by atoms with Crippen molar-refractivity contribution in [3.8, 4) is 0 Å². The van der Waals surface area contributed by atoms with Crippen LogP contribution in [-0.2, 0) is 0 Å². The lowest BCUT2D eigenvalue weighted by molar-refractivity contribution is 0.0930. The standard InChI is InChI=1S/C13H20N4OS/c1-19-12-5-3-2-4-11(12)16-13(18)9-8-15-7-6-10(9)17-14/h6-8,11-12H,2-5,14H2,1H3,(H,15,17)(H,16,18). The van der Waals surface area contributed by atoms with E-state index >= 15 is 0 Å². The van der Waals surface area contributed by atoms with Crippen LogP contribution in [0.25, 0.3) is 0 Å². The van der Waals surface area contributed by atoms with E-state index in [0.29, 0.717) is 16.5 Å². The van der Waals surface area contributed by atoms with Crippen molar-refractivity contribution in [3.63, 3.8) is 0 Å². The van der Waals surface area contributed by atoms with Gasteiger partial charge in [-0.15, -0.1) is 0 Å². The summed E-state index contributed by atoms with van der Waals surface area (Å²) in [4.78, 5) is 16.3. The van der Waals surface area contributed by atoms with Crippen LogP contribution in [-0.4, -0.2) is 28.4 Å². The molecule has 1 fully saturated rings. The average molecular weight is 280 g/mol. The van der Waals surface area contributed by atoms with Crippen LogP contribution in [0.4, 0.5) is 5.69 Å². The zero-order chi connectivity index (χ0) is 13.7. The molecule has 2 unspecified atom stereocenters. The van der Waals surface area contributed by atoms with E-state index < -0.39 is 0 Å². The predicted octanol–water partition coefficient (Wildman–Crippen LogP) is 1.77. The van der Waals surface area contributed by atoms with Gasteiger partial charge in [0.2, 0.25) is 0 Å². The lowest BCUT2D eigenvalue weighted by atomic mass is 9.94. The minimum absolute atomic E-state index is 0.105. The number of aromatic nitrogens is 1. The molecule has 0 aliphatic heterocycles. The maximum atomic E-state index is 12.3. The van der Waals surface area contributed by atoms with Crippen molar-refractivity contribution < 1.29 is 4.79 Å². The highest BCUT2D eigenvalue weighted by atomic mass is 32.2. The number of amides is 1. The van der Waals surface area contributed by atoms with Gasteiger partial charge in [0.25, 0.3) is 5.91 Å². The van der Waals surface area contributed by atoms with Gasteiger partial charge in [-0.05, 0) is 25.2 Å². The zero-order valence-corrected chi connectivity index (χ0v) is 11.9. The first-order valence-corrected chi connectivity index (χ1v) is 7.79. The number of nitrogens with zero attached hydrogens (tertiary/aromatic N) is 1. The molecule has 4 N–H and O–H groups in total. The molecule has 0 radical (unpaired) electrons. The SMILES string of the molecule is CSC1CCCCC1NC(=O)c1cnccc1NN. The number of hydrogen-bond acceptors (Lipinski definition) is 5. The topological polar surface area (TPSA) is 80.0 Å². The molecule has 1 aromatic heterocycles. The fourth-order valence-corrected chi connectivity index (χ4v) is 3.43. The molecule has 1 saturated carbocycles.